The highest BCUT2D eigenvalue weighted by molar-refractivity contribution is 7.71. The second-order valence-corrected chi connectivity index (χ2v) is 6.40. The van der Waals surface area contributed by atoms with Gasteiger partial charge in [0.25, 0.3) is 5.82 Å². The molecule has 1 aromatic heterocycles. The Hall–Kier alpha value is -2.07. The molecule has 3 rings (SSSR count). The summed E-state index contributed by atoms with van der Waals surface area (Å²) in [6.45, 7) is 1.80. The molecule has 0 bridgehead atoms. The van der Waals surface area contributed by atoms with Gasteiger partial charge in [0.2, 0.25) is 4.77 Å². The summed E-state index contributed by atoms with van der Waals surface area (Å²) in [5.41, 5.74) is 0.449. The Bertz CT molecular complexity index is 832. The number of nitrogens with zero attached hydrogens (tertiary/aromatic N) is 5. The van der Waals surface area contributed by atoms with Gasteiger partial charge in [-0.05, 0) is 55.8 Å². The van der Waals surface area contributed by atoms with Crippen molar-refractivity contribution in [2.75, 3.05) is 13.1 Å². The van der Waals surface area contributed by atoms with Gasteiger partial charge in [0.1, 0.15) is 5.82 Å². The van der Waals surface area contributed by atoms with Gasteiger partial charge >= 0.3 is 6.18 Å². The molecule has 1 aromatic carbocycles. The second kappa shape index (κ2) is 7.67. The highest BCUT2D eigenvalue weighted by Crippen LogP contribution is 2.28. The Morgan fingerprint density at radius 1 is 1.12 bits per heavy atom. The first kappa shape index (κ1) is 18.7. The largest absolute Gasteiger partial charge is 0.453 e. The first-order chi connectivity index (χ1) is 12.3. The molecule has 10 heteroatoms. The number of alkyl halides is 3. The van der Waals surface area contributed by atoms with Crippen molar-refractivity contribution in [1.82, 2.24) is 19.4 Å². The van der Waals surface area contributed by atoms with E-state index in [1.165, 1.54) is 30.5 Å². The summed E-state index contributed by atoms with van der Waals surface area (Å²) in [5, 5.41) is 7.47. The van der Waals surface area contributed by atoms with Crippen LogP contribution in [-0.4, -0.2) is 38.7 Å². The summed E-state index contributed by atoms with van der Waals surface area (Å²) in [4.78, 5) is 2.01. The molecule has 1 aliphatic heterocycles. The molecule has 0 N–H and O–H groups in total. The molecule has 5 nitrogen and oxygen atoms in total. The van der Waals surface area contributed by atoms with Crippen LogP contribution in [0.3, 0.4) is 0 Å². The molecule has 1 fully saturated rings. The van der Waals surface area contributed by atoms with Crippen molar-refractivity contribution in [3.05, 3.63) is 46.2 Å². The van der Waals surface area contributed by atoms with Gasteiger partial charge in [-0.15, -0.1) is 5.10 Å². The number of piperidine rings is 1. The predicted octanol–water partition coefficient (Wildman–Crippen LogP) is 3.90. The van der Waals surface area contributed by atoms with Crippen molar-refractivity contribution in [2.24, 2.45) is 5.10 Å². The van der Waals surface area contributed by atoms with Crippen LogP contribution in [0.5, 0.6) is 0 Å². The van der Waals surface area contributed by atoms with Crippen LogP contribution in [0.25, 0.3) is 0 Å². The molecule has 1 aliphatic rings. The Labute approximate surface area is 152 Å². The predicted molar refractivity (Wildman–Crippen MR) is 90.9 cm³/mol. The van der Waals surface area contributed by atoms with E-state index in [0.717, 1.165) is 37.0 Å². The number of likely N-dealkylation sites (tertiary alicyclic amines) is 1. The molecule has 26 heavy (non-hydrogen) atoms. The second-order valence-electron chi connectivity index (χ2n) is 6.03. The van der Waals surface area contributed by atoms with Crippen LogP contribution in [0.2, 0.25) is 0 Å². The monoisotopic (exact) mass is 387 g/mol. The number of rotatable bonds is 4. The van der Waals surface area contributed by atoms with E-state index in [1.807, 2.05) is 4.90 Å². The van der Waals surface area contributed by atoms with Gasteiger partial charge in [-0.2, -0.15) is 22.9 Å². The lowest BCUT2D eigenvalue weighted by molar-refractivity contribution is -0.147. The smallest absolute Gasteiger partial charge is 0.284 e. The van der Waals surface area contributed by atoms with E-state index >= 15 is 0 Å². The lowest BCUT2D eigenvalue weighted by atomic mass is 10.1. The standard InChI is InChI=1S/C16H17F4N5S/c17-13-6-4-12(5-7-13)10-21-25-14(16(18,19)20)22-24(15(25)26)11-23-8-2-1-3-9-23/h4-7,10H,1-3,8-9,11H2/b21-10-. The third-order valence-corrected chi connectivity index (χ3v) is 4.43. The van der Waals surface area contributed by atoms with E-state index in [0.29, 0.717) is 10.2 Å². The molecule has 0 saturated carbocycles. The van der Waals surface area contributed by atoms with Gasteiger partial charge in [0.15, 0.2) is 0 Å². The summed E-state index contributed by atoms with van der Waals surface area (Å²) in [6.07, 6.45) is -0.379. The molecule has 0 spiro atoms. The highest BCUT2D eigenvalue weighted by Gasteiger charge is 2.38. The maximum atomic E-state index is 13.3. The van der Waals surface area contributed by atoms with Crippen molar-refractivity contribution in [3.8, 4) is 0 Å². The molecule has 2 aromatic rings. The van der Waals surface area contributed by atoms with E-state index in [2.05, 4.69) is 10.2 Å². The van der Waals surface area contributed by atoms with Crippen LogP contribution in [-0.2, 0) is 12.8 Å². The van der Waals surface area contributed by atoms with E-state index in [4.69, 9.17) is 12.2 Å². The third kappa shape index (κ3) is 4.36. The van der Waals surface area contributed by atoms with E-state index in [1.54, 1.807) is 0 Å². The molecular weight excluding hydrogens is 370 g/mol. The number of hydrogen-bond donors (Lipinski definition) is 0. The Morgan fingerprint density at radius 2 is 1.77 bits per heavy atom. The molecule has 2 heterocycles. The van der Waals surface area contributed by atoms with Crippen LogP contribution < -0.4 is 0 Å². The molecule has 0 radical (unpaired) electrons. The Kier molecular flexibility index (Phi) is 5.52. The van der Waals surface area contributed by atoms with Crippen LogP contribution >= 0.6 is 12.2 Å². The molecule has 140 valence electrons. The fourth-order valence-corrected chi connectivity index (χ4v) is 2.97. The van der Waals surface area contributed by atoms with Gasteiger partial charge in [-0.1, -0.05) is 18.6 Å². The fourth-order valence-electron chi connectivity index (χ4n) is 2.74. The zero-order chi connectivity index (χ0) is 18.7. The summed E-state index contributed by atoms with van der Waals surface area (Å²) in [7, 11) is 0. The van der Waals surface area contributed by atoms with Crippen molar-refractivity contribution >= 4 is 18.4 Å². The van der Waals surface area contributed by atoms with E-state index in [-0.39, 0.29) is 11.4 Å². The molecule has 0 atom stereocenters. The molecule has 0 unspecified atom stereocenters. The maximum Gasteiger partial charge on any atom is 0.453 e. The van der Waals surface area contributed by atoms with Gasteiger partial charge in [0, 0.05) is 0 Å². The van der Waals surface area contributed by atoms with Gasteiger partial charge in [-0.3, -0.25) is 4.90 Å². The zero-order valence-corrected chi connectivity index (χ0v) is 14.6. The average molecular weight is 387 g/mol. The lowest BCUT2D eigenvalue weighted by Gasteiger charge is -2.25. The lowest BCUT2D eigenvalue weighted by Crippen LogP contribution is -2.32. The number of halogens is 4. The first-order valence-electron chi connectivity index (χ1n) is 8.14. The van der Waals surface area contributed by atoms with Crippen LogP contribution in [0.1, 0.15) is 30.7 Å². The molecule has 0 aliphatic carbocycles. The fraction of sp³-hybridized carbons (Fsp3) is 0.438. The SMILES string of the molecule is Fc1ccc(/C=N\n2c(C(F)(F)F)nn(CN3CCCCC3)c2=S)cc1. The Morgan fingerprint density at radius 3 is 2.38 bits per heavy atom. The van der Waals surface area contributed by atoms with Gasteiger partial charge in [-0.25, -0.2) is 9.07 Å². The van der Waals surface area contributed by atoms with E-state index in [9.17, 15) is 17.6 Å². The van der Waals surface area contributed by atoms with Crippen LogP contribution in [0, 0.1) is 10.6 Å². The molecule has 1 saturated heterocycles. The zero-order valence-electron chi connectivity index (χ0n) is 13.8. The topological polar surface area (TPSA) is 38.4 Å². The van der Waals surface area contributed by atoms with Crippen molar-refractivity contribution in [3.63, 3.8) is 0 Å². The maximum absolute atomic E-state index is 13.3. The van der Waals surface area contributed by atoms with Gasteiger partial charge < -0.3 is 0 Å². The van der Waals surface area contributed by atoms with Crippen LogP contribution in [0.4, 0.5) is 17.6 Å². The number of hydrogen-bond acceptors (Lipinski definition) is 4. The first-order valence-corrected chi connectivity index (χ1v) is 8.55. The van der Waals surface area contributed by atoms with Crippen LogP contribution in [0.15, 0.2) is 29.4 Å². The molecular formula is C16H17F4N5S. The average Bonchev–Trinajstić information content (AvgIpc) is 2.92. The van der Waals surface area contributed by atoms with Crippen molar-refractivity contribution < 1.29 is 17.6 Å². The number of benzene rings is 1. The number of aromatic nitrogens is 3. The summed E-state index contributed by atoms with van der Waals surface area (Å²) >= 11 is 5.15. The minimum absolute atomic E-state index is 0.138. The molecule has 0 amide bonds. The summed E-state index contributed by atoms with van der Waals surface area (Å²) in [6, 6.07) is 5.22. The van der Waals surface area contributed by atoms with E-state index < -0.39 is 17.8 Å². The summed E-state index contributed by atoms with van der Waals surface area (Å²) < 4.78 is 54.5. The quantitative estimate of drug-likeness (QED) is 0.454. The van der Waals surface area contributed by atoms with Crippen molar-refractivity contribution in [2.45, 2.75) is 32.1 Å². The third-order valence-electron chi connectivity index (χ3n) is 4.05. The highest BCUT2D eigenvalue weighted by atomic mass is 32.1. The normalized spacial score (nSPS) is 16.5. The Balaban J connectivity index is 1.91. The minimum Gasteiger partial charge on any atom is -0.284 e. The minimum atomic E-state index is -4.69. The van der Waals surface area contributed by atoms with Gasteiger partial charge in [0.05, 0.1) is 12.9 Å². The summed E-state index contributed by atoms with van der Waals surface area (Å²) in [5.74, 6) is -1.62. The van der Waals surface area contributed by atoms with Crippen molar-refractivity contribution in [1.29, 1.82) is 0 Å².